The summed E-state index contributed by atoms with van der Waals surface area (Å²) in [6, 6.07) is 0. The summed E-state index contributed by atoms with van der Waals surface area (Å²) in [7, 11) is 1.85. The van der Waals surface area contributed by atoms with Gasteiger partial charge in [-0.15, -0.1) is 0 Å². The van der Waals surface area contributed by atoms with E-state index in [0.717, 1.165) is 18.9 Å². The van der Waals surface area contributed by atoms with Crippen molar-refractivity contribution in [2.24, 2.45) is 11.8 Å². The minimum atomic E-state index is -0.113. The maximum absolute atomic E-state index is 11.4. The Balaban J connectivity index is 1.87. The van der Waals surface area contributed by atoms with Gasteiger partial charge in [-0.05, 0) is 38.0 Å². The Kier molecular flexibility index (Phi) is 1.62. The van der Waals surface area contributed by atoms with E-state index in [1.54, 1.807) is 4.90 Å². The lowest BCUT2D eigenvalue weighted by molar-refractivity contribution is -0.0730. The second-order valence-electron chi connectivity index (χ2n) is 5.21. The summed E-state index contributed by atoms with van der Waals surface area (Å²) in [5.41, 5.74) is -0.0903. The molecule has 1 atom stereocenters. The van der Waals surface area contributed by atoms with Gasteiger partial charge in [0.2, 0.25) is 0 Å². The molecule has 4 rings (SSSR count). The molecule has 0 N–H and O–H groups in total. The molecule has 0 radical (unpaired) electrons. The molecule has 1 amide bonds. The number of likely N-dealkylation sites (N-methyl/N-ethyl adjacent to an activating group) is 1. The lowest BCUT2D eigenvalue weighted by Gasteiger charge is -2.47. The lowest BCUT2D eigenvalue weighted by Crippen LogP contribution is -2.50. The van der Waals surface area contributed by atoms with Crippen LogP contribution in [0, 0.1) is 11.8 Å². The Morgan fingerprint density at radius 1 is 1.36 bits per heavy atom. The number of carbonyl (C=O) groups excluding carboxylic acids is 1. The summed E-state index contributed by atoms with van der Waals surface area (Å²) in [6.07, 6.45) is 6.25. The standard InChI is InChI=1S/C11H17NO2/c1-12-7-11(14-10(12)13)6-8-2-4-9(11)5-3-8/h8-9H,2-7H2,1H3. The molecule has 78 valence electrons. The molecule has 3 saturated carbocycles. The molecule has 1 saturated heterocycles. The summed E-state index contributed by atoms with van der Waals surface area (Å²) < 4.78 is 5.62. The Hall–Kier alpha value is -0.730. The van der Waals surface area contributed by atoms with Gasteiger partial charge in [-0.3, -0.25) is 0 Å². The molecule has 2 bridgehead atoms. The van der Waals surface area contributed by atoms with Crippen LogP contribution < -0.4 is 0 Å². The maximum Gasteiger partial charge on any atom is 0.410 e. The van der Waals surface area contributed by atoms with E-state index in [1.807, 2.05) is 7.05 Å². The molecule has 1 unspecified atom stereocenters. The van der Waals surface area contributed by atoms with Crippen LogP contribution in [-0.2, 0) is 4.74 Å². The monoisotopic (exact) mass is 195 g/mol. The molecule has 3 heteroatoms. The molecule has 3 aliphatic carbocycles. The van der Waals surface area contributed by atoms with Crippen LogP contribution >= 0.6 is 0 Å². The maximum atomic E-state index is 11.4. The van der Waals surface area contributed by atoms with Crippen molar-refractivity contribution >= 4 is 6.09 Å². The highest BCUT2D eigenvalue weighted by molar-refractivity contribution is 5.70. The fraction of sp³-hybridized carbons (Fsp3) is 0.909. The lowest BCUT2D eigenvalue weighted by atomic mass is 9.62. The first-order valence-corrected chi connectivity index (χ1v) is 5.64. The molecule has 1 spiro atoms. The SMILES string of the molecule is CN1CC2(CC3CCC2CC3)OC1=O. The van der Waals surface area contributed by atoms with Crippen LogP contribution in [0.2, 0.25) is 0 Å². The highest BCUT2D eigenvalue weighted by atomic mass is 16.6. The van der Waals surface area contributed by atoms with Gasteiger partial charge in [0, 0.05) is 13.0 Å². The number of rotatable bonds is 0. The van der Waals surface area contributed by atoms with Crippen molar-refractivity contribution in [3.8, 4) is 0 Å². The van der Waals surface area contributed by atoms with E-state index in [-0.39, 0.29) is 11.7 Å². The van der Waals surface area contributed by atoms with Crippen LogP contribution in [-0.4, -0.2) is 30.2 Å². The fourth-order valence-corrected chi connectivity index (χ4v) is 3.62. The van der Waals surface area contributed by atoms with Crippen molar-refractivity contribution in [1.29, 1.82) is 0 Å². The quantitative estimate of drug-likeness (QED) is 0.591. The summed E-state index contributed by atoms with van der Waals surface area (Å²) in [5.74, 6) is 1.46. The van der Waals surface area contributed by atoms with Gasteiger partial charge in [-0.1, -0.05) is 0 Å². The first kappa shape index (κ1) is 8.57. The van der Waals surface area contributed by atoms with Gasteiger partial charge in [0.1, 0.15) is 5.60 Å². The zero-order chi connectivity index (χ0) is 9.76. The van der Waals surface area contributed by atoms with E-state index in [0.29, 0.717) is 5.92 Å². The fourth-order valence-electron chi connectivity index (χ4n) is 3.62. The highest BCUT2D eigenvalue weighted by Crippen LogP contribution is 2.51. The largest absolute Gasteiger partial charge is 0.441 e. The Morgan fingerprint density at radius 3 is 2.50 bits per heavy atom. The van der Waals surface area contributed by atoms with Crippen LogP contribution in [0.4, 0.5) is 4.79 Å². The van der Waals surface area contributed by atoms with Gasteiger partial charge in [-0.2, -0.15) is 0 Å². The topological polar surface area (TPSA) is 29.5 Å². The molecule has 3 nitrogen and oxygen atoms in total. The van der Waals surface area contributed by atoms with Crippen LogP contribution in [0.5, 0.6) is 0 Å². The average molecular weight is 195 g/mol. The third-order valence-electron chi connectivity index (χ3n) is 4.33. The molecule has 0 aromatic carbocycles. The number of amides is 1. The normalized spacial score (nSPS) is 46.1. The van der Waals surface area contributed by atoms with Gasteiger partial charge in [0.15, 0.2) is 0 Å². The number of fused-ring (bicyclic) bond motifs is 2. The Morgan fingerprint density at radius 2 is 2.07 bits per heavy atom. The van der Waals surface area contributed by atoms with Crippen molar-refractivity contribution in [2.45, 2.75) is 37.7 Å². The molecular weight excluding hydrogens is 178 g/mol. The van der Waals surface area contributed by atoms with Gasteiger partial charge < -0.3 is 9.64 Å². The summed E-state index contributed by atoms with van der Waals surface area (Å²) in [5, 5.41) is 0. The van der Waals surface area contributed by atoms with E-state index in [9.17, 15) is 4.79 Å². The van der Waals surface area contributed by atoms with Gasteiger partial charge in [0.05, 0.1) is 6.54 Å². The third kappa shape index (κ3) is 1.01. The van der Waals surface area contributed by atoms with E-state index >= 15 is 0 Å². The first-order chi connectivity index (χ1) is 6.70. The van der Waals surface area contributed by atoms with Crippen molar-refractivity contribution in [1.82, 2.24) is 4.90 Å². The molecule has 1 heterocycles. The summed E-state index contributed by atoms with van der Waals surface area (Å²) >= 11 is 0. The Labute approximate surface area is 84.4 Å². The van der Waals surface area contributed by atoms with Crippen LogP contribution in [0.15, 0.2) is 0 Å². The molecule has 0 aromatic rings. The van der Waals surface area contributed by atoms with Crippen molar-refractivity contribution in [3.05, 3.63) is 0 Å². The second-order valence-corrected chi connectivity index (χ2v) is 5.21. The molecule has 4 fully saturated rings. The Bertz CT molecular complexity index is 270. The van der Waals surface area contributed by atoms with Gasteiger partial charge >= 0.3 is 6.09 Å². The number of carbonyl (C=O) groups is 1. The van der Waals surface area contributed by atoms with E-state index in [1.165, 1.54) is 25.7 Å². The van der Waals surface area contributed by atoms with Crippen molar-refractivity contribution < 1.29 is 9.53 Å². The minimum absolute atomic E-state index is 0.0903. The predicted molar refractivity (Wildman–Crippen MR) is 51.9 cm³/mol. The number of ether oxygens (including phenoxy) is 1. The van der Waals surface area contributed by atoms with Crippen LogP contribution in [0.25, 0.3) is 0 Å². The first-order valence-electron chi connectivity index (χ1n) is 5.64. The van der Waals surface area contributed by atoms with Crippen molar-refractivity contribution in [2.75, 3.05) is 13.6 Å². The average Bonchev–Trinajstić information content (AvgIpc) is 2.43. The predicted octanol–water partition coefficient (Wildman–Crippen LogP) is 2.02. The van der Waals surface area contributed by atoms with Crippen LogP contribution in [0.3, 0.4) is 0 Å². The highest BCUT2D eigenvalue weighted by Gasteiger charge is 2.54. The number of hydrogen-bond acceptors (Lipinski definition) is 2. The third-order valence-corrected chi connectivity index (χ3v) is 4.33. The number of hydrogen-bond donors (Lipinski definition) is 0. The van der Waals surface area contributed by atoms with Crippen LogP contribution in [0.1, 0.15) is 32.1 Å². The van der Waals surface area contributed by atoms with E-state index < -0.39 is 0 Å². The molecule has 0 aromatic heterocycles. The summed E-state index contributed by atoms with van der Waals surface area (Å²) in [4.78, 5) is 13.2. The smallest absolute Gasteiger partial charge is 0.410 e. The van der Waals surface area contributed by atoms with Gasteiger partial charge in [0.25, 0.3) is 0 Å². The van der Waals surface area contributed by atoms with E-state index in [4.69, 9.17) is 4.74 Å². The van der Waals surface area contributed by atoms with Gasteiger partial charge in [-0.25, -0.2) is 4.79 Å². The second kappa shape index (κ2) is 2.65. The minimum Gasteiger partial charge on any atom is -0.441 e. The molecule has 4 aliphatic rings. The summed E-state index contributed by atoms with van der Waals surface area (Å²) in [6.45, 7) is 0.826. The molecule has 14 heavy (non-hydrogen) atoms. The zero-order valence-electron chi connectivity index (χ0n) is 8.66. The zero-order valence-corrected chi connectivity index (χ0v) is 8.66. The molecular formula is C11H17NO2. The number of nitrogens with zero attached hydrogens (tertiary/aromatic N) is 1. The van der Waals surface area contributed by atoms with E-state index in [2.05, 4.69) is 0 Å². The molecule has 1 aliphatic heterocycles. The van der Waals surface area contributed by atoms with Crippen molar-refractivity contribution in [3.63, 3.8) is 0 Å².